The molecule has 1 nitrogen and oxygen atoms in total. The number of ether oxygens (including phenoxy) is 1. The Morgan fingerprint density at radius 1 is 1.38 bits per heavy atom. The van der Waals surface area contributed by atoms with Crippen LogP contribution in [0.2, 0.25) is 0 Å². The highest BCUT2D eigenvalue weighted by Gasteiger charge is 2.03. The van der Waals surface area contributed by atoms with Crippen LogP contribution < -0.4 is 4.74 Å². The first-order chi connectivity index (χ1) is 6.26. The van der Waals surface area contributed by atoms with Crippen LogP contribution in [0.4, 0.5) is 0 Å². The van der Waals surface area contributed by atoms with E-state index in [9.17, 15) is 0 Å². The quantitative estimate of drug-likeness (QED) is 0.560. The molecule has 0 bridgehead atoms. The molecule has 0 aliphatic heterocycles. The molecule has 1 aromatic rings. The lowest BCUT2D eigenvalue weighted by molar-refractivity contribution is 0.414. The van der Waals surface area contributed by atoms with Crippen LogP contribution in [-0.2, 0) is 0 Å². The van der Waals surface area contributed by atoms with E-state index in [1.54, 1.807) is 18.9 Å². The summed E-state index contributed by atoms with van der Waals surface area (Å²) in [5.74, 6) is 0.881. The maximum Gasteiger partial charge on any atom is 0.118 e. The Hall–Kier alpha value is -0.340. The molecule has 3 heteroatoms. The summed E-state index contributed by atoms with van der Waals surface area (Å²) >= 11 is 7.68. The van der Waals surface area contributed by atoms with E-state index in [4.69, 9.17) is 16.3 Å². The molecule has 0 fully saturated rings. The number of hydrogen-bond donors (Lipinski definition) is 0. The molecule has 1 atom stereocenters. The summed E-state index contributed by atoms with van der Waals surface area (Å²) in [5, 5.41) is 0. The number of hydrogen-bond acceptors (Lipinski definition) is 2. The molecule has 1 rings (SSSR count). The van der Waals surface area contributed by atoms with Crippen LogP contribution in [0.5, 0.6) is 5.75 Å². The zero-order valence-corrected chi connectivity index (χ0v) is 9.36. The molecule has 13 heavy (non-hydrogen) atoms. The molecule has 0 radical (unpaired) electrons. The van der Waals surface area contributed by atoms with Crippen LogP contribution in [0.3, 0.4) is 0 Å². The minimum absolute atomic E-state index is 0.161. The van der Waals surface area contributed by atoms with Crippen molar-refractivity contribution in [2.24, 2.45) is 0 Å². The third-order valence-electron chi connectivity index (χ3n) is 1.64. The molecule has 0 saturated heterocycles. The van der Waals surface area contributed by atoms with Gasteiger partial charge in [0.1, 0.15) is 5.75 Å². The summed E-state index contributed by atoms with van der Waals surface area (Å²) in [6, 6.07) is 7.94. The Morgan fingerprint density at radius 2 is 2.00 bits per heavy atom. The van der Waals surface area contributed by atoms with Crippen molar-refractivity contribution >= 4 is 23.4 Å². The van der Waals surface area contributed by atoms with Crippen LogP contribution >= 0.6 is 23.4 Å². The van der Waals surface area contributed by atoms with E-state index in [2.05, 4.69) is 6.92 Å². The maximum atomic E-state index is 6.01. The molecule has 0 amide bonds. The van der Waals surface area contributed by atoms with Crippen molar-refractivity contribution in [3.8, 4) is 5.75 Å². The van der Waals surface area contributed by atoms with Crippen molar-refractivity contribution in [2.45, 2.75) is 22.9 Å². The fourth-order valence-electron chi connectivity index (χ4n) is 0.885. The minimum Gasteiger partial charge on any atom is -0.497 e. The van der Waals surface area contributed by atoms with Crippen LogP contribution in [0.25, 0.3) is 0 Å². The predicted molar refractivity (Wildman–Crippen MR) is 58.8 cm³/mol. The summed E-state index contributed by atoms with van der Waals surface area (Å²) in [6.07, 6.45) is 0.970. The molecule has 1 unspecified atom stereocenters. The minimum atomic E-state index is 0.161. The molecule has 0 aliphatic rings. The summed E-state index contributed by atoms with van der Waals surface area (Å²) in [5.41, 5.74) is 0. The molecule has 0 aromatic heterocycles. The number of thioether (sulfide) groups is 1. The van der Waals surface area contributed by atoms with Gasteiger partial charge in [-0.2, -0.15) is 0 Å². The summed E-state index contributed by atoms with van der Waals surface area (Å²) < 4.78 is 5.22. The molecule has 0 aliphatic carbocycles. The van der Waals surface area contributed by atoms with E-state index < -0.39 is 0 Å². The predicted octanol–water partition coefficient (Wildman–Crippen LogP) is 3.76. The topological polar surface area (TPSA) is 9.23 Å². The molecule has 0 spiro atoms. The molecule has 0 N–H and O–H groups in total. The zero-order valence-electron chi connectivity index (χ0n) is 7.79. The van der Waals surface area contributed by atoms with Gasteiger partial charge in [-0.05, 0) is 30.7 Å². The van der Waals surface area contributed by atoms with Gasteiger partial charge in [0.05, 0.1) is 11.8 Å². The monoisotopic (exact) mass is 216 g/mol. The average Bonchev–Trinajstić information content (AvgIpc) is 2.19. The van der Waals surface area contributed by atoms with Gasteiger partial charge >= 0.3 is 0 Å². The lowest BCUT2D eigenvalue weighted by atomic mass is 10.3. The highest BCUT2D eigenvalue weighted by atomic mass is 35.5. The molecular weight excluding hydrogens is 204 g/mol. The number of benzene rings is 1. The second kappa shape index (κ2) is 5.40. The number of rotatable bonds is 4. The van der Waals surface area contributed by atoms with Crippen molar-refractivity contribution in [1.29, 1.82) is 0 Å². The van der Waals surface area contributed by atoms with E-state index in [0.29, 0.717) is 0 Å². The number of alkyl halides is 1. The van der Waals surface area contributed by atoms with Crippen molar-refractivity contribution in [3.63, 3.8) is 0 Å². The lowest BCUT2D eigenvalue weighted by Gasteiger charge is -2.06. The Bertz CT molecular complexity index is 248. The van der Waals surface area contributed by atoms with Crippen molar-refractivity contribution in [1.82, 2.24) is 0 Å². The third-order valence-corrected chi connectivity index (χ3v) is 3.35. The standard InChI is InChI=1S/C10H13ClOS/c1-3-10(11)13-9-6-4-8(12-2)5-7-9/h4-7,10H,3H2,1-2H3. The molecule has 0 saturated carbocycles. The highest BCUT2D eigenvalue weighted by Crippen LogP contribution is 2.28. The largest absolute Gasteiger partial charge is 0.497 e. The summed E-state index contributed by atoms with van der Waals surface area (Å²) in [6.45, 7) is 2.08. The fraction of sp³-hybridized carbons (Fsp3) is 0.400. The molecule has 1 aromatic carbocycles. The van der Waals surface area contributed by atoms with Gasteiger partial charge in [0.25, 0.3) is 0 Å². The molecule has 72 valence electrons. The lowest BCUT2D eigenvalue weighted by Crippen LogP contribution is -1.88. The fourth-order valence-corrected chi connectivity index (χ4v) is 1.95. The van der Waals surface area contributed by atoms with Crippen LogP contribution in [0, 0.1) is 0 Å². The Kier molecular flexibility index (Phi) is 4.46. The first-order valence-corrected chi connectivity index (χ1v) is 5.52. The Morgan fingerprint density at radius 3 is 2.46 bits per heavy atom. The smallest absolute Gasteiger partial charge is 0.118 e. The maximum absolute atomic E-state index is 6.01. The van der Waals surface area contributed by atoms with E-state index in [1.807, 2.05) is 24.3 Å². The van der Waals surface area contributed by atoms with E-state index >= 15 is 0 Å². The van der Waals surface area contributed by atoms with Crippen molar-refractivity contribution in [3.05, 3.63) is 24.3 Å². The zero-order chi connectivity index (χ0) is 9.68. The second-order valence-electron chi connectivity index (χ2n) is 2.61. The first-order valence-electron chi connectivity index (χ1n) is 4.21. The molecule has 0 heterocycles. The van der Waals surface area contributed by atoms with Gasteiger partial charge in [-0.3, -0.25) is 0 Å². The first kappa shape index (κ1) is 10.7. The number of halogens is 1. The normalized spacial score (nSPS) is 12.5. The van der Waals surface area contributed by atoms with Gasteiger partial charge in [0.2, 0.25) is 0 Å². The van der Waals surface area contributed by atoms with E-state index in [-0.39, 0.29) is 4.71 Å². The van der Waals surface area contributed by atoms with Gasteiger partial charge in [0.15, 0.2) is 0 Å². The Balaban J connectivity index is 2.58. The van der Waals surface area contributed by atoms with Crippen LogP contribution in [-0.4, -0.2) is 11.8 Å². The van der Waals surface area contributed by atoms with Gasteiger partial charge in [-0.15, -0.1) is 23.4 Å². The van der Waals surface area contributed by atoms with Crippen molar-refractivity contribution in [2.75, 3.05) is 7.11 Å². The second-order valence-corrected chi connectivity index (χ2v) is 4.67. The summed E-state index contributed by atoms with van der Waals surface area (Å²) in [4.78, 5) is 1.18. The van der Waals surface area contributed by atoms with E-state index in [1.165, 1.54) is 4.90 Å². The van der Waals surface area contributed by atoms with Crippen molar-refractivity contribution < 1.29 is 4.74 Å². The van der Waals surface area contributed by atoms with Gasteiger partial charge < -0.3 is 4.74 Å². The highest BCUT2D eigenvalue weighted by molar-refractivity contribution is 8.01. The van der Waals surface area contributed by atoms with Gasteiger partial charge in [-0.1, -0.05) is 6.92 Å². The number of methoxy groups -OCH3 is 1. The van der Waals surface area contributed by atoms with Crippen LogP contribution in [0.15, 0.2) is 29.2 Å². The van der Waals surface area contributed by atoms with Gasteiger partial charge in [-0.25, -0.2) is 0 Å². The Labute approximate surface area is 88.4 Å². The summed E-state index contributed by atoms with van der Waals surface area (Å²) in [7, 11) is 1.67. The van der Waals surface area contributed by atoms with Crippen LogP contribution in [0.1, 0.15) is 13.3 Å². The third kappa shape index (κ3) is 3.49. The van der Waals surface area contributed by atoms with E-state index in [0.717, 1.165) is 12.2 Å². The molecular formula is C10H13ClOS. The average molecular weight is 217 g/mol. The van der Waals surface area contributed by atoms with Gasteiger partial charge in [0, 0.05) is 4.90 Å². The SMILES string of the molecule is CCC(Cl)Sc1ccc(OC)cc1.